The number of likely N-dealkylation sites (N-methyl/N-ethyl adjacent to an activating group) is 1. The third kappa shape index (κ3) is 54.5. The summed E-state index contributed by atoms with van der Waals surface area (Å²) in [4.78, 5) is 39.9. The number of hydrogen-bond acceptors (Lipinski definition) is 7. The van der Waals surface area contributed by atoms with Crippen molar-refractivity contribution in [2.45, 2.75) is 296 Å². The van der Waals surface area contributed by atoms with Crippen LogP contribution in [0.3, 0.4) is 0 Å². The quantitative estimate of drug-likeness (QED) is 0.0212. The predicted octanol–water partition coefficient (Wildman–Crippen LogP) is 18.4. The molecule has 0 saturated carbocycles. The van der Waals surface area contributed by atoms with Crippen molar-refractivity contribution >= 4 is 19.7 Å². The largest absolute Gasteiger partial charge is 0.756 e. The summed E-state index contributed by atoms with van der Waals surface area (Å²) in [5.74, 6) is -0.547. The van der Waals surface area contributed by atoms with Crippen LogP contribution in [0.1, 0.15) is 284 Å². The van der Waals surface area contributed by atoms with Crippen molar-refractivity contribution in [3.05, 3.63) is 60.8 Å². The van der Waals surface area contributed by atoms with Crippen molar-refractivity contribution in [2.24, 2.45) is 0 Å². The highest BCUT2D eigenvalue weighted by Gasteiger charge is 2.27. The number of carbonyl (C=O) groups is 2. The van der Waals surface area contributed by atoms with Crippen molar-refractivity contribution in [1.29, 1.82) is 0 Å². The summed E-state index contributed by atoms with van der Waals surface area (Å²) in [5.41, 5.74) is 0. The Morgan fingerprint density at radius 1 is 0.473 bits per heavy atom. The Balaban J connectivity index is 5.18. The van der Waals surface area contributed by atoms with Crippen molar-refractivity contribution in [3.8, 4) is 0 Å². The summed E-state index contributed by atoms with van der Waals surface area (Å²) in [6, 6.07) is -0.893. The monoisotopic (exact) mass is 1060 g/mol. The Morgan fingerprint density at radius 2 is 0.824 bits per heavy atom. The molecule has 74 heavy (non-hydrogen) atoms. The number of esters is 1. The Kier molecular flexibility index (Phi) is 52.4. The van der Waals surface area contributed by atoms with Gasteiger partial charge in [0.1, 0.15) is 19.3 Å². The SMILES string of the molecule is CCCCC/C=C\C/C=C\C/C=C\C/C=C\CCCCCCCCCC(=O)NC(COP(=O)([O-])OCC[N+](C)(C)C)C(/C=C\CCCCCCCCCCC)OC(=O)CCCCCCCCCCCCCCCC. The highest BCUT2D eigenvalue weighted by atomic mass is 31.2. The van der Waals surface area contributed by atoms with Crippen LogP contribution in [-0.4, -0.2) is 69.4 Å². The van der Waals surface area contributed by atoms with E-state index in [0.29, 0.717) is 17.4 Å². The van der Waals surface area contributed by atoms with Gasteiger partial charge in [-0.2, -0.15) is 0 Å². The molecule has 0 bridgehead atoms. The number of phosphoric acid groups is 1. The zero-order chi connectivity index (χ0) is 54.3. The molecule has 0 saturated heterocycles. The first kappa shape index (κ1) is 71.7. The standard InChI is InChI=1S/C64H119N2O7P/c1-7-10-13-16-19-22-25-27-29-30-31-32-33-34-35-36-37-38-41-44-47-50-53-56-63(67)65-61(60-72-74(69,70)71-59-58-66(4,5)6)62(55-52-49-46-43-40-24-21-18-15-12-9-3)73-64(68)57-54-51-48-45-42-39-28-26-23-20-17-14-11-8-2/h19,22,27,29,31-32,34-35,52,55,61-62H,7-18,20-21,23-26,28,30,33,36-51,53-54,56-60H2,1-6H3,(H-,65,67,69,70)/b22-19-,29-27-,32-31-,35-34-,55-52-. The van der Waals surface area contributed by atoms with Crippen LogP contribution in [0.2, 0.25) is 0 Å². The summed E-state index contributed by atoms with van der Waals surface area (Å²) in [6.45, 7) is 6.81. The second-order valence-electron chi connectivity index (χ2n) is 22.2. The lowest BCUT2D eigenvalue weighted by Gasteiger charge is -2.30. The molecule has 0 spiro atoms. The number of unbranched alkanes of at least 4 members (excludes halogenated alkanes) is 32. The molecule has 10 heteroatoms. The molecule has 0 aromatic heterocycles. The lowest BCUT2D eigenvalue weighted by atomic mass is 10.0. The van der Waals surface area contributed by atoms with Gasteiger partial charge in [0.15, 0.2) is 0 Å². The summed E-state index contributed by atoms with van der Waals surface area (Å²) in [7, 11) is 1.18. The number of nitrogens with one attached hydrogen (secondary N) is 1. The molecular weight excluding hydrogens is 940 g/mol. The van der Waals surface area contributed by atoms with Crippen molar-refractivity contribution in [2.75, 3.05) is 40.9 Å². The fourth-order valence-electron chi connectivity index (χ4n) is 8.86. The van der Waals surface area contributed by atoms with Crippen LogP contribution in [0, 0.1) is 0 Å². The van der Waals surface area contributed by atoms with Crippen LogP contribution in [0.5, 0.6) is 0 Å². The molecule has 9 nitrogen and oxygen atoms in total. The van der Waals surface area contributed by atoms with Gasteiger partial charge < -0.3 is 28.5 Å². The maximum atomic E-state index is 13.5. The van der Waals surface area contributed by atoms with Gasteiger partial charge in [-0.15, -0.1) is 0 Å². The Labute approximate surface area is 458 Å². The molecule has 1 amide bonds. The lowest BCUT2D eigenvalue weighted by molar-refractivity contribution is -0.870. The zero-order valence-corrected chi connectivity index (χ0v) is 50.2. The molecule has 432 valence electrons. The molecule has 1 N–H and O–H groups in total. The van der Waals surface area contributed by atoms with Gasteiger partial charge in [-0.25, -0.2) is 0 Å². The van der Waals surface area contributed by atoms with Crippen LogP contribution in [0.4, 0.5) is 0 Å². The average Bonchev–Trinajstić information content (AvgIpc) is 3.36. The average molecular weight is 1060 g/mol. The predicted molar refractivity (Wildman–Crippen MR) is 316 cm³/mol. The third-order valence-electron chi connectivity index (χ3n) is 13.7. The minimum absolute atomic E-state index is 0.0249. The highest BCUT2D eigenvalue weighted by Crippen LogP contribution is 2.38. The van der Waals surface area contributed by atoms with E-state index in [1.54, 1.807) is 0 Å². The maximum Gasteiger partial charge on any atom is 0.306 e. The number of nitrogens with zero attached hydrogens (tertiary/aromatic N) is 1. The van der Waals surface area contributed by atoms with E-state index in [4.69, 9.17) is 13.8 Å². The molecule has 0 fully saturated rings. The minimum Gasteiger partial charge on any atom is -0.756 e. The van der Waals surface area contributed by atoms with Gasteiger partial charge in [-0.3, -0.25) is 14.2 Å². The summed E-state index contributed by atoms with van der Waals surface area (Å²) >= 11 is 0. The lowest BCUT2D eigenvalue weighted by Crippen LogP contribution is -2.47. The summed E-state index contributed by atoms with van der Waals surface area (Å²) < 4.78 is 30.3. The summed E-state index contributed by atoms with van der Waals surface area (Å²) in [6.07, 6.45) is 67.5. The number of rotatable bonds is 56. The fourth-order valence-corrected chi connectivity index (χ4v) is 9.58. The molecule has 0 aromatic carbocycles. The van der Waals surface area contributed by atoms with Crippen LogP contribution in [-0.2, 0) is 27.9 Å². The van der Waals surface area contributed by atoms with Gasteiger partial charge in [-0.1, -0.05) is 255 Å². The van der Waals surface area contributed by atoms with Gasteiger partial charge in [0.25, 0.3) is 7.82 Å². The van der Waals surface area contributed by atoms with Crippen LogP contribution >= 0.6 is 7.82 Å². The fraction of sp³-hybridized carbons (Fsp3) is 0.812. The first-order valence-electron chi connectivity index (χ1n) is 31.1. The number of quaternary nitrogens is 1. The first-order valence-corrected chi connectivity index (χ1v) is 32.6. The normalized spacial score (nSPS) is 14.1. The first-order chi connectivity index (χ1) is 35.9. The summed E-state index contributed by atoms with van der Waals surface area (Å²) in [5, 5.41) is 3.02. The number of allylic oxidation sites excluding steroid dienone is 9. The smallest absolute Gasteiger partial charge is 0.306 e. The minimum atomic E-state index is -4.70. The topological polar surface area (TPSA) is 114 Å². The van der Waals surface area contributed by atoms with E-state index in [9.17, 15) is 19.0 Å². The van der Waals surface area contributed by atoms with Crippen LogP contribution in [0.25, 0.3) is 0 Å². The van der Waals surface area contributed by atoms with Crippen LogP contribution in [0.15, 0.2) is 60.8 Å². The van der Waals surface area contributed by atoms with Crippen LogP contribution < -0.4 is 10.2 Å². The number of carbonyl (C=O) groups excluding carboxylic acids is 2. The molecule has 0 aromatic rings. The van der Waals surface area contributed by atoms with E-state index in [2.05, 4.69) is 74.7 Å². The number of phosphoric ester groups is 1. The Morgan fingerprint density at radius 3 is 1.26 bits per heavy atom. The van der Waals surface area contributed by atoms with E-state index in [-0.39, 0.29) is 24.9 Å². The molecule has 0 aliphatic rings. The van der Waals surface area contributed by atoms with E-state index < -0.39 is 26.6 Å². The molecule has 0 radical (unpaired) electrons. The van der Waals surface area contributed by atoms with Crippen molar-refractivity contribution < 1.29 is 37.3 Å². The molecular formula is C64H119N2O7P. The van der Waals surface area contributed by atoms with Gasteiger partial charge in [-0.05, 0) is 76.7 Å². The molecule has 0 heterocycles. The van der Waals surface area contributed by atoms with E-state index in [1.807, 2.05) is 33.3 Å². The molecule has 0 aliphatic heterocycles. The van der Waals surface area contributed by atoms with Gasteiger partial charge in [0, 0.05) is 12.8 Å². The van der Waals surface area contributed by atoms with Gasteiger partial charge >= 0.3 is 5.97 Å². The molecule has 0 rings (SSSR count). The highest BCUT2D eigenvalue weighted by molar-refractivity contribution is 7.45. The van der Waals surface area contributed by atoms with E-state index >= 15 is 0 Å². The zero-order valence-electron chi connectivity index (χ0n) is 49.3. The van der Waals surface area contributed by atoms with E-state index in [1.165, 1.54) is 161 Å². The van der Waals surface area contributed by atoms with Crippen molar-refractivity contribution in [3.63, 3.8) is 0 Å². The Bertz CT molecular complexity index is 1450. The maximum absolute atomic E-state index is 13.5. The third-order valence-corrected chi connectivity index (χ3v) is 14.7. The second kappa shape index (κ2) is 54.1. The van der Waals surface area contributed by atoms with E-state index in [0.717, 1.165) is 89.9 Å². The number of amides is 1. The molecule has 3 unspecified atom stereocenters. The second-order valence-corrected chi connectivity index (χ2v) is 23.6. The van der Waals surface area contributed by atoms with Gasteiger partial charge in [0.05, 0.1) is 33.8 Å². The van der Waals surface area contributed by atoms with Gasteiger partial charge in [0.2, 0.25) is 5.91 Å². The van der Waals surface area contributed by atoms with Crippen molar-refractivity contribution in [1.82, 2.24) is 5.32 Å². The molecule has 0 aliphatic carbocycles. The number of hydrogen-bond donors (Lipinski definition) is 1. The Hall–Kier alpha value is -2.29. The molecule has 3 atom stereocenters. The number of ether oxygens (including phenoxy) is 1.